The molecule has 0 bridgehead atoms. The van der Waals surface area contributed by atoms with Crippen LogP contribution in [0.25, 0.3) is 11.4 Å². The molecule has 0 unspecified atom stereocenters. The molecule has 6 nitrogen and oxygen atoms in total. The average Bonchev–Trinajstić information content (AvgIpc) is 3.06. The molecule has 3 rings (SSSR count). The molecule has 9 heteroatoms. The fraction of sp³-hybridized carbons (Fsp3) is 0.222. The van der Waals surface area contributed by atoms with E-state index in [1.165, 1.54) is 12.1 Å². The Balaban J connectivity index is 1.73. The van der Waals surface area contributed by atoms with Crippen LogP contribution in [0, 0.1) is 13.8 Å². The Bertz CT molecular complexity index is 981. The van der Waals surface area contributed by atoms with Crippen LogP contribution in [0.15, 0.2) is 42.5 Å². The lowest BCUT2D eigenvalue weighted by molar-refractivity contribution is -0.137. The minimum Gasteiger partial charge on any atom is -0.324 e. The number of rotatable bonds is 4. The molecular formula is C18H16F3N5O. The van der Waals surface area contributed by atoms with Crippen molar-refractivity contribution >= 4 is 11.6 Å². The van der Waals surface area contributed by atoms with Crippen molar-refractivity contribution in [1.82, 2.24) is 20.2 Å². The lowest BCUT2D eigenvalue weighted by Crippen LogP contribution is -2.21. The van der Waals surface area contributed by atoms with E-state index in [1.54, 1.807) is 0 Å². The number of aromatic nitrogens is 4. The summed E-state index contributed by atoms with van der Waals surface area (Å²) in [7, 11) is 0. The molecule has 0 radical (unpaired) electrons. The maximum absolute atomic E-state index is 12.8. The van der Waals surface area contributed by atoms with Crippen molar-refractivity contribution in [2.24, 2.45) is 0 Å². The van der Waals surface area contributed by atoms with Gasteiger partial charge in [0.15, 0.2) is 0 Å². The van der Waals surface area contributed by atoms with E-state index in [9.17, 15) is 18.0 Å². The number of aryl methyl sites for hydroxylation is 2. The molecule has 0 aliphatic rings. The quantitative estimate of drug-likeness (QED) is 0.756. The van der Waals surface area contributed by atoms with Gasteiger partial charge < -0.3 is 5.32 Å². The molecular weight excluding hydrogens is 359 g/mol. The summed E-state index contributed by atoms with van der Waals surface area (Å²) < 4.78 is 38.4. The van der Waals surface area contributed by atoms with Crippen molar-refractivity contribution in [3.05, 3.63) is 59.2 Å². The third-order valence-electron chi connectivity index (χ3n) is 3.85. The van der Waals surface area contributed by atoms with Crippen LogP contribution in [0.2, 0.25) is 0 Å². The first-order chi connectivity index (χ1) is 12.7. The maximum Gasteiger partial charge on any atom is 0.416 e. The number of benzene rings is 2. The molecule has 0 spiro atoms. The van der Waals surface area contributed by atoms with E-state index >= 15 is 0 Å². The first kappa shape index (κ1) is 18.6. The van der Waals surface area contributed by atoms with E-state index in [4.69, 9.17) is 0 Å². The van der Waals surface area contributed by atoms with Gasteiger partial charge in [0.05, 0.1) is 5.56 Å². The van der Waals surface area contributed by atoms with Crippen LogP contribution in [0.3, 0.4) is 0 Å². The smallest absolute Gasteiger partial charge is 0.324 e. The Hall–Kier alpha value is -3.23. The predicted octanol–water partition coefficient (Wildman–Crippen LogP) is 3.61. The fourth-order valence-electron chi connectivity index (χ4n) is 2.45. The zero-order chi connectivity index (χ0) is 19.6. The summed E-state index contributed by atoms with van der Waals surface area (Å²) in [6, 6.07) is 10.3. The number of alkyl halides is 3. The summed E-state index contributed by atoms with van der Waals surface area (Å²) in [6.45, 7) is 3.57. The first-order valence-corrected chi connectivity index (χ1v) is 8.05. The Morgan fingerprint density at radius 1 is 1.15 bits per heavy atom. The number of nitrogens with zero attached hydrogens (tertiary/aromatic N) is 4. The lowest BCUT2D eigenvalue weighted by Gasteiger charge is -2.08. The maximum atomic E-state index is 12.8. The summed E-state index contributed by atoms with van der Waals surface area (Å²) >= 11 is 0. The number of hydrogen-bond donors (Lipinski definition) is 1. The standard InChI is InChI=1S/C18H16F3N5O/c1-11-6-7-12(2)15(8-11)22-16(27)10-26-24-17(23-25-26)13-4-3-5-14(9-13)18(19,20)21/h3-9H,10H2,1-2H3,(H,22,27). The Labute approximate surface area is 153 Å². The highest BCUT2D eigenvalue weighted by Gasteiger charge is 2.30. The highest BCUT2D eigenvalue weighted by Crippen LogP contribution is 2.31. The van der Waals surface area contributed by atoms with Crippen LogP contribution in [-0.4, -0.2) is 26.1 Å². The molecule has 0 fully saturated rings. The summed E-state index contributed by atoms with van der Waals surface area (Å²) in [5, 5.41) is 14.2. The SMILES string of the molecule is Cc1ccc(C)c(NC(=O)Cn2nnc(-c3cccc(C(F)(F)F)c3)n2)c1. The second-order valence-corrected chi connectivity index (χ2v) is 6.09. The van der Waals surface area contributed by atoms with Gasteiger partial charge >= 0.3 is 6.18 Å². The first-order valence-electron chi connectivity index (χ1n) is 8.05. The van der Waals surface area contributed by atoms with Crippen LogP contribution in [0.4, 0.5) is 18.9 Å². The van der Waals surface area contributed by atoms with Crippen LogP contribution in [-0.2, 0) is 17.5 Å². The Kier molecular flexibility index (Phi) is 4.93. The van der Waals surface area contributed by atoms with Gasteiger partial charge in [-0.2, -0.15) is 18.0 Å². The molecule has 3 aromatic rings. The van der Waals surface area contributed by atoms with Gasteiger partial charge in [-0.3, -0.25) is 4.79 Å². The van der Waals surface area contributed by atoms with E-state index in [0.29, 0.717) is 5.69 Å². The van der Waals surface area contributed by atoms with Crippen molar-refractivity contribution in [2.45, 2.75) is 26.6 Å². The molecule has 0 aliphatic carbocycles. The molecule has 140 valence electrons. The fourth-order valence-corrected chi connectivity index (χ4v) is 2.45. The largest absolute Gasteiger partial charge is 0.416 e. The highest BCUT2D eigenvalue weighted by molar-refractivity contribution is 5.91. The summed E-state index contributed by atoms with van der Waals surface area (Å²) in [5.74, 6) is -0.350. The Morgan fingerprint density at radius 3 is 2.67 bits per heavy atom. The molecule has 1 aromatic heterocycles. The van der Waals surface area contributed by atoms with E-state index in [0.717, 1.165) is 28.1 Å². The van der Waals surface area contributed by atoms with Gasteiger partial charge in [-0.25, -0.2) is 0 Å². The average molecular weight is 375 g/mol. The van der Waals surface area contributed by atoms with Gasteiger partial charge in [-0.05, 0) is 48.4 Å². The van der Waals surface area contributed by atoms with Gasteiger partial charge in [0.2, 0.25) is 11.7 Å². The minimum atomic E-state index is -4.46. The van der Waals surface area contributed by atoms with Gasteiger partial charge in [0.1, 0.15) is 6.54 Å². The van der Waals surface area contributed by atoms with Crippen LogP contribution >= 0.6 is 0 Å². The number of hydrogen-bond acceptors (Lipinski definition) is 4. The summed E-state index contributed by atoms with van der Waals surface area (Å²) in [5.41, 5.74) is 1.96. The normalized spacial score (nSPS) is 11.4. The van der Waals surface area contributed by atoms with Crippen LogP contribution < -0.4 is 5.32 Å². The molecule has 2 aromatic carbocycles. The zero-order valence-corrected chi connectivity index (χ0v) is 14.6. The third-order valence-corrected chi connectivity index (χ3v) is 3.85. The van der Waals surface area contributed by atoms with Crippen molar-refractivity contribution in [2.75, 3.05) is 5.32 Å². The van der Waals surface area contributed by atoms with Crippen molar-refractivity contribution in [3.8, 4) is 11.4 Å². The molecule has 1 heterocycles. The van der Waals surface area contributed by atoms with Crippen molar-refractivity contribution < 1.29 is 18.0 Å². The third kappa shape index (κ3) is 4.49. The number of amides is 1. The molecule has 1 amide bonds. The van der Waals surface area contributed by atoms with E-state index < -0.39 is 11.7 Å². The second kappa shape index (κ2) is 7.18. The molecule has 0 saturated heterocycles. The van der Waals surface area contributed by atoms with E-state index in [2.05, 4.69) is 20.7 Å². The van der Waals surface area contributed by atoms with E-state index in [1.807, 2.05) is 32.0 Å². The van der Waals surface area contributed by atoms with E-state index in [-0.39, 0.29) is 23.8 Å². The molecule has 27 heavy (non-hydrogen) atoms. The summed E-state index contributed by atoms with van der Waals surface area (Å²) in [6.07, 6.45) is -4.46. The zero-order valence-electron chi connectivity index (χ0n) is 14.6. The molecule has 0 saturated carbocycles. The van der Waals surface area contributed by atoms with Crippen LogP contribution in [0.5, 0.6) is 0 Å². The number of tetrazole rings is 1. The van der Waals surface area contributed by atoms with Gasteiger partial charge in [0, 0.05) is 11.3 Å². The van der Waals surface area contributed by atoms with Crippen molar-refractivity contribution in [1.29, 1.82) is 0 Å². The second-order valence-electron chi connectivity index (χ2n) is 6.09. The molecule has 0 atom stereocenters. The van der Waals surface area contributed by atoms with Gasteiger partial charge in [-0.15, -0.1) is 10.2 Å². The number of carbonyl (C=O) groups is 1. The van der Waals surface area contributed by atoms with Crippen LogP contribution in [0.1, 0.15) is 16.7 Å². The summed E-state index contributed by atoms with van der Waals surface area (Å²) in [4.78, 5) is 13.2. The van der Waals surface area contributed by atoms with Gasteiger partial charge in [0.25, 0.3) is 0 Å². The minimum absolute atomic E-state index is 0.0145. The monoisotopic (exact) mass is 375 g/mol. The number of carbonyl (C=O) groups excluding carboxylic acids is 1. The number of anilines is 1. The van der Waals surface area contributed by atoms with Gasteiger partial charge in [-0.1, -0.05) is 24.3 Å². The molecule has 0 aliphatic heterocycles. The Morgan fingerprint density at radius 2 is 1.93 bits per heavy atom. The number of nitrogens with one attached hydrogen (secondary N) is 1. The highest BCUT2D eigenvalue weighted by atomic mass is 19.4. The topological polar surface area (TPSA) is 72.7 Å². The molecule has 1 N–H and O–H groups in total. The predicted molar refractivity (Wildman–Crippen MR) is 92.8 cm³/mol. The van der Waals surface area contributed by atoms with Crippen molar-refractivity contribution in [3.63, 3.8) is 0 Å². The number of halogens is 3. The lowest BCUT2D eigenvalue weighted by atomic mass is 10.1.